The van der Waals surface area contributed by atoms with Crippen molar-refractivity contribution in [2.45, 2.75) is 58.5 Å². The van der Waals surface area contributed by atoms with E-state index in [1.165, 1.54) is 17.0 Å². The molecule has 0 saturated heterocycles. The second kappa shape index (κ2) is 15.4. The van der Waals surface area contributed by atoms with E-state index in [9.17, 15) is 18.0 Å². The highest BCUT2D eigenvalue weighted by Gasteiger charge is 2.35. The zero-order valence-corrected chi connectivity index (χ0v) is 28.6. The summed E-state index contributed by atoms with van der Waals surface area (Å²) in [5.74, 6) is -0.620. The fraction of sp³-hybridized carbons (Fsp3) is 0.297. The fourth-order valence-electron chi connectivity index (χ4n) is 5.19. The number of aryl methyl sites for hydroxylation is 3. The summed E-state index contributed by atoms with van der Waals surface area (Å²) in [6.45, 7) is 9.63. The summed E-state index contributed by atoms with van der Waals surface area (Å²) in [6.07, 6.45) is 0.253. The fourth-order valence-corrected chi connectivity index (χ4v) is 6.82. The highest BCUT2D eigenvalue weighted by molar-refractivity contribution is 7.92. The lowest BCUT2D eigenvalue weighted by Gasteiger charge is -2.34. The van der Waals surface area contributed by atoms with Gasteiger partial charge in [-0.05, 0) is 67.6 Å². The van der Waals surface area contributed by atoms with E-state index in [4.69, 9.17) is 11.6 Å². The first-order valence-corrected chi connectivity index (χ1v) is 17.2. The quantitative estimate of drug-likeness (QED) is 0.170. The summed E-state index contributed by atoms with van der Waals surface area (Å²) in [6, 6.07) is 27.8. The van der Waals surface area contributed by atoms with Gasteiger partial charge in [-0.25, -0.2) is 8.42 Å². The number of benzene rings is 4. The van der Waals surface area contributed by atoms with Gasteiger partial charge in [-0.15, -0.1) is 0 Å². The Morgan fingerprint density at radius 2 is 1.48 bits per heavy atom. The van der Waals surface area contributed by atoms with E-state index in [0.717, 1.165) is 26.6 Å². The van der Waals surface area contributed by atoms with Crippen LogP contribution < -0.4 is 9.62 Å². The summed E-state index contributed by atoms with van der Waals surface area (Å²) in [4.78, 5) is 30.1. The number of carbonyl (C=O) groups is 2. The van der Waals surface area contributed by atoms with Crippen molar-refractivity contribution >= 4 is 39.1 Å². The molecule has 4 rings (SSSR count). The molecule has 46 heavy (non-hydrogen) atoms. The maximum atomic E-state index is 14.6. The van der Waals surface area contributed by atoms with Crippen LogP contribution in [-0.4, -0.2) is 44.3 Å². The lowest BCUT2D eigenvalue weighted by atomic mass is 10.0. The third-order valence-electron chi connectivity index (χ3n) is 7.72. The third-order valence-corrected chi connectivity index (χ3v) is 9.73. The topological polar surface area (TPSA) is 86.8 Å². The Kier molecular flexibility index (Phi) is 11.7. The van der Waals surface area contributed by atoms with Crippen molar-refractivity contribution in [3.05, 3.63) is 130 Å². The van der Waals surface area contributed by atoms with Crippen LogP contribution in [0.2, 0.25) is 5.02 Å². The first-order chi connectivity index (χ1) is 21.8. The van der Waals surface area contributed by atoms with Crippen LogP contribution in [0.4, 0.5) is 5.69 Å². The Bertz CT molecular complexity index is 1760. The lowest BCUT2D eigenvalue weighted by molar-refractivity contribution is -0.140. The molecule has 0 heterocycles. The minimum absolute atomic E-state index is 0.0472. The zero-order chi connectivity index (χ0) is 33.4. The van der Waals surface area contributed by atoms with Crippen LogP contribution >= 0.6 is 11.6 Å². The van der Waals surface area contributed by atoms with E-state index in [0.29, 0.717) is 22.8 Å². The van der Waals surface area contributed by atoms with Crippen molar-refractivity contribution in [2.75, 3.05) is 17.4 Å². The summed E-state index contributed by atoms with van der Waals surface area (Å²) >= 11 is 6.37. The largest absolute Gasteiger partial charge is 0.354 e. The minimum atomic E-state index is -4.22. The number of anilines is 1. The van der Waals surface area contributed by atoms with Crippen molar-refractivity contribution in [3.8, 4) is 0 Å². The average Bonchev–Trinajstić information content (AvgIpc) is 3.02. The van der Waals surface area contributed by atoms with Crippen LogP contribution in [0.3, 0.4) is 0 Å². The van der Waals surface area contributed by atoms with E-state index >= 15 is 0 Å². The van der Waals surface area contributed by atoms with Crippen LogP contribution in [0.1, 0.15) is 41.7 Å². The van der Waals surface area contributed by atoms with Gasteiger partial charge in [0.15, 0.2) is 0 Å². The molecule has 7 nitrogen and oxygen atoms in total. The molecule has 4 aromatic carbocycles. The predicted molar refractivity (Wildman–Crippen MR) is 185 cm³/mol. The molecule has 9 heteroatoms. The van der Waals surface area contributed by atoms with E-state index in [1.807, 2.05) is 82.3 Å². The Labute approximate surface area is 278 Å². The standard InChI is InChI=1S/C37H42ClN3O4S/c1-26(2)23-39-37(43)35(21-30-11-7-6-8-12-30)40(24-31-13-9-10-28(4)20-31)36(42)25-41(34-22-32(38)17-16-29(34)5)46(44,45)33-18-14-27(3)15-19-33/h6-20,22,26,35H,21,23-25H2,1-5H3,(H,39,43)/t35-/m0/s1. The van der Waals surface area contributed by atoms with E-state index in [-0.39, 0.29) is 29.7 Å². The highest BCUT2D eigenvalue weighted by atomic mass is 35.5. The number of amides is 2. The third kappa shape index (κ3) is 8.98. The van der Waals surface area contributed by atoms with Gasteiger partial charge in [-0.3, -0.25) is 13.9 Å². The molecule has 0 fully saturated rings. The molecular weight excluding hydrogens is 618 g/mol. The van der Waals surface area contributed by atoms with Crippen molar-refractivity contribution in [2.24, 2.45) is 5.92 Å². The molecule has 242 valence electrons. The molecule has 0 aliphatic carbocycles. The first kappa shape index (κ1) is 34.7. The Morgan fingerprint density at radius 3 is 2.13 bits per heavy atom. The number of nitrogens with zero attached hydrogens (tertiary/aromatic N) is 2. The molecule has 0 saturated carbocycles. The molecule has 1 atom stereocenters. The second-order valence-corrected chi connectivity index (χ2v) is 14.4. The Hall–Kier alpha value is -4.14. The molecule has 0 radical (unpaired) electrons. The molecule has 2 amide bonds. The summed E-state index contributed by atoms with van der Waals surface area (Å²) in [5.41, 5.74) is 4.54. The number of rotatable bonds is 13. The zero-order valence-electron chi connectivity index (χ0n) is 27.0. The second-order valence-electron chi connectivity index (χ2n) is 12.1. The number of nitrogens with one attached hydrogen (secondary N) is 1. The lowest BCUT2D eigenvalue weighted by Crippen LogP contribution is -2.53. The summed E-state index contributed by atoms with van der Waals surface area (Å²) < 4.78 is 29.7. The van der Waals surface area contributed by atoms with Gasteiger partial charge in [0.05, 0.1) is 10.6 Å². The molecule has 0 aromatic heterocycles. The van der Waals surface area contributed by atoms with Gasteiger partial charge in [0.2, 0.25) is 11.8 Å². The van der Waals surface area contributed by atoms with Crippen LogP contribution in [0.5, 0.6) is 0 Å². The van der Waals surface area contributed by atoms with Crippen molar-refractivity contribution < 1.29 is 18.0 Å². The number of hydrogen-bond acceptors (Lipinski definition) is 4. The molecule has 0 aliphatic rings. The van der Waals surface area contributed by atoms with Crippen molar-refractivity contribution in [1.29, 1.82) is 0 Å². The van der Waals surface area contributed by atoms with Gasteiger partial charge in [0, 0.05) is 24.5 Å². The van der Waals surface area contributed by atoms with Gasteiger partial charge >= 0.3 is 0 Å². The van der Waals surface area contributed by atoms with Crippen molar-refractivity contribution in [1.82, 2.24) is 10.2 Å². The van der Waals surface area contributed by atoms with Gasteiger partial charge in [0.25, 0.3) is 10.0 Å². The molecule has 0 aliphatic heterocycles. The van der Waals surface area contributed by atoms with E-state index < -0.39 is 28.5 Å². The predicted octanol–water partition coefficient (Wildman–Crippen LogP) is 6.87. The summed E-state index contributed by atoms with van der Waals surface area (Å²) in [7, 11) is -4.22. The van der Waals surface area contributed by atoms with Crippen LogP contribution in [-0.2, 0) is 32.6 Å². The number of sulfonamides is 1. The Morgan fingerprint density at radius 1 is 0.804 bits per heavy atom. The normalized spacial score (nSPS) is 12.1. The number of halogens is 1. The Balaban J connectivity index is 1.83. The van der Waals surface area contributed by atoms with Gasteiger partial charge in [0.1, 0.15) is 12.6 Å². The van der Waals surface area contributed by atoms with Crippen molar-refractivity contribution in [3.63, 3.8) is 0 Å². The maximum Gasteiger partial charge on any atom is 0.264 e. The highest BCUT2D eigenvalue weighted by Crippen LogP contribution is 2.30. The molecular formula is C37H42ClN3O4S. The minimum Gasteiger partial charge on any atom is -0.354 e. The van der Waals surface area contributed by atoms with Gasteiger partial charge in [-0.1, -0.05) is 109 Å². The number of hydrogen-bond donors (Lipinski definition) is 1. The summed E-state index contributed by atoms with van der Waals surface area (Å²) in [5, 5.41) is 3.35. The molecule has 0 unspecified atom stereocenters. The van der Waals surface area contributed by atoms with Gasteiger partial charge in [-0.2, -0.15) is 0 Å². The van der Waals surface area contributed by atoms with Gasteiger partial charge < -0.3 is 10.2 Å². The molecule has 0 bridgehead atoms. The SMILES string of the molecule is Cc1ccc(S(=O)(=O)N(CC(=O)N(Cc2cccc(C)c2)[C@@H](Cc2ccccc2)C(=O)NCC(C)C)c2cc(Cl)ccc2C)cc1. The first-order valence-electron chi connectivity index (χ1n) is 15.4. The maximum absolute atomic E-state index is 14.6. The molecule has 4 aromatic rings. The monoisotopic (exact) mass is 659 g/mol. The van der Waals surface area contributed by atoms with Crippen LogP contribution in [0.25, 0.3) is 0 Å². The molecule has 1 N–H and O–H groups in total. The smallest absolute Gasteiger partial charge is 0.264 e. The van der Waals surface area contributed by atoms with Crippen LogP contribution in [0.15, 0.2) is 102 Å². The number of carbonyl (C=O) groups excluding carboxylic acids is 2. The van der Waals surface area contributed by atoms with E-state index in [2.05, 4.69) is 5.32 Å². The van der Waals surface area contributed by atoms with E-state index in [1.54, 1.807) is 37.3 Å². The molecule has 0 spiro atoms. The average molecular weight is 660 g/mol. The van der Waals surface area contributed by atoms with Crippen LogP contribution in [0, 0.1) is 26.7 Å².